The van der Waals surface area contributed by atoms with Crippen molar-refractivity contribution < 1.29 is 0 Å². The van der Waals surface area contributed by atoms with Gasteiger partial charge in [-0.2, -0.15) is 0 Å². The molecule has 0 bridgehead atoms. The molecule has 104 valence electrons. The van der Waals surface area contributed by atoms with Crippen LogP contribution in [0.4, 0.5) is 0 Å². The minimum absolute atomic E-state index is 0.394. The minimum Gasteiger partial charge on any atom is -0.310 e. The molecule has 2 aromatic rings. The highest BCUT2D eigenvalue weighted by atomic mass is 35.5. The summed E-state index contributed by atoms with van der Waals surface area (Å²) in [6.07, 6.45) is 1.07. The lowest BCUT2D eigenvalue weighted by atomic mass is 9.93. The van der Waals surface area contributed by atoms with Crippen LogP contribution in [-0.4, -0.2) is 6.54 Å². The van der Waals surface area contributed by atoms with Crippen LogP contribution in [0, 0.1) is 0 Å². The fourth-order valence-corrected chi connectivity index (χ4v) is 3.43. The fraction of sp³-hybridized carbons (Fsp3) is 0.294. The molecular weight excluding hydrogens is 289 g/mol. The Balaban J connectivity index is 2.01. The largest absolute Gasteiger partial charge is 0.310 e. The predicted molar refractivity (Wildman–Crippen MR) is 85.8 cm³/mol. The van der Waals surface area contributed by atoms with Gasteiger partial charge in [-0.1, -0.05) is 60.5 Å². The molecule has 1 aliphatic rings. The van der Waals surface area contributed by atoms with Gasteiger partial charge in [0.1, 0.15) is 0 Å². The van der Waals surface area contributed by atoms with Crippen LogP contribution in [0.25, 0.3) is 0 Å². The van der Waals surface area contributed by atoms with Gasteiger partial charge < -0.3 is 5.32 Å². The SMILES string of the molecule is CCN[C@@H]1C[C@H](c2ccc(Cl)c(Cl)c2)c2ccccc21. The van der Waals surface area contributed by atoms with E-state index >= 15 is 0 Å². The van der Waals surface area contributed by atoms with Crippen molar-refractivity contribution in [2.75, 3.05) is 6.54 Å². The molecule has 2 atom stereocenters. The molecule has 0 unspecified atom stereocenters. The molecular formula is C17H17Cl2N. The molecule has 3 heteroatoms. The molecule has 1 nitrogen and oxygen atoms in total. The zero-order valence-electron chi connectivity index (χ0n) is 11.4. The number of hydrogen-bond donors (Lipinski definition) is 1. The number of hydrogen-bond acceptors (Lipinski definition) is 1. The normalized spacial score (nSPS) is 20.9. The first-order chi connectivity index (χ1) is 9.70. The standard InChI is InChI=1S/C17H17Cl2N/c1-2-20-17-10-14(12-5-3-4-6-13(12)17)11-7-8-15(18)16(19)9-11/h3-9,14,17,20H,2,10H2,1H3/t14-,17-/m1/s1. The van der Waals surface area contributed by atoms with E-state index in [2.05, 4.69) is 42.6 Å². The van der Waals surface area contributed by atoms with E-state index in [0.29, 0.717) is 22.0 Å². The highest BCUT2D eigenvalue weighted by molar-refractivity contribution is 6.42. The summed E-state index contributed by atoms with van der Waals surface area (Å²) < 4.78 is 0. The third kappa shape index (κ3) is 2.46. The smallest absolute Gasteiger partial charge is 0.0595 e. The highest BCUT2D eigenvalue weighted by Gasteiger charge is 2.31. The van der Waals surface area contributed by atoms with Crippen LogP contribution in [0.15, 0.2) is 42.5 Å². The van der Waals surface area contributed by atoms with Crippen LogP contribution in [-0.2, 0) is 0 Å². The molecule has 0 saturated heterocycles. The van der Waals surface area contributed by atoms with Crippen molar-refractivity contribution in [1.82, 2.24) is 5.32 Å². The first kappa shape index (κ1) is 13.9. The van der Waals surface area contributed by atoms with Gasteiger partial charge in [0, 0.05) is 12.0 Å². The predicted octanol–water partition coefficient (Wildman–Crippen LogP) is 5.18. The first-order valence-corrected chi connectivity index (χ1v) is 7.73. The molecule has 1 N–H and O–H groups in total. The second-order valence-corrected chi connectivity index (χ2v) is 6.02. The van der Waals surface area contributed by atoms with Gasteiger partial charge in [-0.3, -0.25) is 0 Å². The Morgan fingerprint density at radius 1 is 1.05 bits per heavy atom. The Kier molecular flexibility index (Phi) is 4.02. The van der Waals surface area contributed by atoms with Crippen LogP contribution in [0.1, 0.15) is 42.0 Å². The van der Waals surface area contributed by atoms with Crippen LogP contribution in [0.3, 0.4) is 0 Å². The van der Waals surface area contributed by atoms with Gasteiger partial charge in [0.2, 0.25) is 0 Å². The van der Waals surface area contributed by atoms with Gasteiger partial charge in [-0.15, -0.1) is 0 Å². The summed E-state index contributed by atoms with van der Waals surface area (Å²) in [6.45, 7) is 3.13. The summed E-state index contributed by atoms with van der Waals surface area (Å²) in [4.78, 5) is 0. The maximum atomic E-state index is 6.17. The maximum Gasteiger partial charge on any atom is 0.0595 e. The third-order valence-electron chi connectivity index (χ3n) is 4.01. The van der Waals surface area contributed by atoms with Gasteiger partial charge in [0.05, 0.1) is 10.0 Å². The topological polar surface area (TPSA) is 12.0 Å². The van der Waals surface area contributed by atoms with Crippen LogP contribution >= 0.6 is 23.2 Å². The van der Waals surface area contributed by atoms with Gasteiger partial charge in [0.15, 0.2) is 0 Å². The van der Waals surface area contributed by atoms with Crippen molar-refractivity contribution in [2.24, 2.45) is 0 Å². The van der Waals surface area contributed by atoms with E-state index in [4.69, 9.17) is 23.2 Å². The number of nitrogens with one attached hydrogen (secondary N) is 1. The average molecular weight is 306 g/mol. The Morgan fingerprint density at radius 2 is 1.80 bits per heavy atom. The molecule has 0 aliphatic heterocycles. The fourth-order valence-electron chi connectivity index (χ4n) is 3.12. The summed E-state index contributed by atoms with van der Waals surface area (Å²) in [5, 5.41) is 4.82. The van der Waals surface area contributed by atoms with Crippen LogP contribution < -0.4 is 5.32 Å². The van der Waals surface area contributed by atoms with Crippen molar-refractivity contribution in [1.29, 1.82) is 0 Å². The maximum absolute atomic E-state index is 6.17. The Hall–Kier alpha value is -1.02. The zero-order chi connectivity index (χ0) is 14.1. The van der Waals surface area contributed by atoms with Crippen molar-refractivity contribution in [2.45, 2.75) is 25.3 Å². The molecule has 0 fully saturated rings. The van der Waals surface area contributed by atoms with Crippen molar-refractivity contribution in [3.63, 3.8) is 0 Å². The summed E-state index contributed by atoms with van der Waals surface area (Å²) in [5.41, 5.74) is 4.05. The van der Waals surface area contributed by atoms with E-state index in [-0.39, 0.29) is 0 Å². The molecule has 0 amide bonds. The lowest BCUT2D eigenvalue weighted by molar-refractivity contribution is 0.530. The van der Waals surface area contributed by atoms with Gasteiger partial charge in [0.25, 0.3) is 0 Å². The molecule has 2 aromatic carbocycles. The van der Waals surface area contributed by atoms with E-state index in [9.17, 15) is 0 Å². The number of rotatable bonds is 3. The Labute approximate surface area is 129 Å². The van der Waals surface area contributed by atoms with Crippen molar-refractivity contribution in [3.8, 4) is 0 Å². The minimum atomic E-state index is 0.394. The van der Waals surface area contributed by atoms with Gasteiger partial charge in [-0.25, -0.2) is 0 Å². The zero-order valence-corrected chi connectivity index (χ0v) is 12.9. The van der Waals surface area contributed by atoms with Crippen LogP contribution in [0.2, 0.25) is 10.0 Å². The quantitative estimate of drug-likeness (QED) is 0.824. The van der Waals surface area contributed by atoms with Crippen molar-refractivity contribution >= 4 is 23.2 Å². The summed E-state index contributed by atoms with van der Waals surface area (Å²) in [5.74, 6) is 0.394. The van der Waals surface area contributed by atoms with Gasteiger partial charge in [-0.05, 0) is 41.8 Å². The monoisotopic (exact) mass is 305 g/mol. The van der Waals surface area contributed by atoms with E-state index < -0.39 is 0 Å². The summed E-state index contributed by atoms with van der Waals surface area (Å²) >= 11 is 12.2. The van der Waals surface area contributed by atoms with E-state index in [1.807, 2.05) is 12.1 Å². The molecule has 0 spiro atoms. The Bertz CT molecular complexity index is 624. The van der Waals surface area contributed by atoms with E-state index in [1.54, 1.807) is 0 Å². The first-order valence-electron chi connectivity index (χ1n) is 6.98. The third-order valence-corrected chi connectivity index (χ3v) is 4.75. The lowest BCUT2D eigenvalue weighted by Gasteiger charge is -2.14. The number of fused-ring (bicyclic) bond motifs is 1. The molecule has 0 aromatic heterocycles. The second kappa shape index (κ2) is 5.77. The van der Waals surface area contributed by atoms with Crippen LogP contribution in [0.5, 0.6) is 0 Å². The van der Waals surface area contributed by atoms with Gasteiger partial charge >= 0.3 is 0 Å². The number of halogens is 2. The molecule has 0 radical (unpaired) electrons. The molecule has 0 heterocycles. The van der Waals surface area contributed by atoms with E-state index in [1.165, 1.54) is 16.7 Å². The highest BCUT2D eigenvalue weighted by Crippen LogP contribution is 2.44. The number of benzene rings is 2. The molecule has 0 saturated carbocycles. The van der Waals surface area contributed by atoms with Crippen molar-refractivity contribution in [3.05, 3.63) is 69.2 Å². The molecule has 1 aliphatic carbocycles. The summed E-state index contributed by atoms with van der Waals surface area (Å²) in [7, 11) is 0. The summed E-state index contributed by atoms with van der Waals surface area (Å²) in [6, 6.07) is 15.1. The molecule has 3 rings (SSSR count). The van der Waals surface area contributed by atoms with E-state index in [0.717, 1.165) is 13.0 Å². The second-order valence-electron chi connectivity index (χ2n) is 5.20. The lowest BCUT2D eigenvalue weighted by Crippen LogP contribution is -2.18. The average Bonchev–Trinajstić information content (AvgIpc) is 2.82. The molecule has 20 heavy (non-hydrogen) atoms. The Morgan fingerprint density at radius 3 is 2.50 bits per heavy atom.